The van der Waals surface area contributed by atoms with E-state index in [1.807, 2.05) is 43.5 Å². The van der Waals surface area contributed by atoms with Crippen LogP contribution in [-0.4, -0.2) is 29.2 Å². The molecule has 1 aromatic carbocycles. The van der Waals surface area contributed by atoms with Crippen molar-refractivity contribution in [2.24, 2.45) is 5.92 Å². The molecular formula is C16H20N2O3S. The highest BCUT2D eigenvalue weighted by molar-refractivity contribution is 7.14. The number of nitrogens with one attached hydrogen (secondary N) is 1. The van der Waals surface area contributed by atoms with Gasteiger partial charge in [0, 0.05) is 10.9 Å². The second-order valence-electron chi connectivity index (χ2n) is 5.30. The number of benzene rings is 1. The summed E-state index contributed by atoms with van der Waals surface area (Å²) in [7, 11) is 1.61. The summed E-state index contributed by atoms with van der Waals surface area (Å²) in [5.74, 6) is 0.550. The predicted molar refractivity (Wildman–Crippen MR) is 88.2 cm³/mol. The van der Waals surface area contributed by atoms with Crippen LogP contribution >= 0.6 is 11.3 Å². The fourth-order valence-electron chi connectivity index (χ4n) is 1.91. The van der Waals surface area contributed by atoms with Crippen molar-refractivity contribution in [3.05, 3.63) is 29.6 Å². The van der Waals surface area contributed by atoms with Crippen molar-refractivity contribution in [1.82, 2.24) is 4.98 Å². The number of aromatic nitrogens is 1. The van der Waals surface area contributed by atoms with Gasteiger partial charge in [0.1, 0.15) is 5.75 Å². The molecule has 1 atom stereocenters. The average Bonchev–Trinajstić information content (AvgIpc) is 2.95. The number of carbonyl (C=O) groups excluding carboxylic acids is 1. The van der Waals surface area contributed by atoms with Gasteiger partial charge in [0.2, 0.25) is 5.91 Å². The first-order valence-electron chi connectivity index (χ1n) is 7.08. The molecule has 2 aromatic rings. The fourth-order valence-corrected chi connectivity index (χ4v) is 2.63. The Morgan fingerprint density at radius 1 is 1.41 bits per heavy atom. The van der Waals surface area contributed by atoms with Crippen molar-refractivity contribution in [3.8, 4) is 17.0 Å². The molecule has 1 unspecified atom stereocenters. The summed E-state index contributed by atoms with van der Waals surface area (Å²) in [6.45, 7) is 3.75. The molecular weight excluding hydrogens is 300 g/mol. The number of rotatable bonds is 6. The number of para-hydroxylation sites is 1. The molecule has 1 heterocycles. The maximum Gasteiger partial charge on any atom is 0.228 e. The summed E-state index contributed by atoms with van der Waals surface area (Å²) >= 11 is 1.35. The van der Waals surface area contributed by atoms with Gasteiger partial charge in [-0.25, -0.2) is 4.98 Å². The summed E-state index contributed by atoms with van der Waals surface area (Å²) in [4.78, 5) is 16.3. The average molecular weight is 320 g/mol. The topological polar surface area (TPSA) is 71.5 Å². The first-order chi connectivity index (χ1) is 10.5. The highest BCUT2D eigenvalue weighted by atomic mass is 32.1. The number of ether oxygens (including phenoxy) is 1. The maximum absolute atomic E-state index is 11.9. The largest absolute Gasteiger partial charge is 0.496 e. The van der Waals surface area contributed by atoms with E-state index < -0.39 is 6.10 Å². The van der Waals surface area contributed by atoms with Crippen LogP contribution in [0.25, 0.3) is 11.3 Å². The molecule has 0 fully saturated rings. The molecule has 6 heteroatoms. The first-order valence-corrected chi connectivity index (χ1v) is 7.96. The minimum absolute atomic E-state index is 0.0474. The third kappa shape index (κ3) is 4.05. The normalized spacial score (nSPS) is 12.2. The van der Waals surface area contributed by atoms with Crippen molar-refractivity contribution in [3.63, 3.8) is 0 Å². The van der Waals surface area contributed by atoms with Gasteiger partial charge >= 0.3 is 0 Å². The molecule has 2 rings (SSSR count). The lowest BCUT2D eigenvalue weighted by Crippen LogP contribution is -2.23. The number of methoxy groups -OCH3 is 1. The summed E-state index contributed by atoms with van der Waals surface area (Å²) in [6.07, 6.45) is -0.574. The van der Waals surface area contributed by atoms with E-state index in [1.54, 1.807) is 7.11 Å². The predicted octanol–water partition coefficient (Wildman–Crippen LogP) is 3.16. The lowest BCUT2D eigenvalue weighted by molar-refractivity contribution is -0.118. The summed E-state index contributed by atoms with van der Waals surface area (Å²) in [6, 6.07) is 7.59. The molecule has 1 aromatic heterocycles. The van der Waals surface area contributed by atoms with Crippen LogP contribution in [0.1, 0.15) is 20.3 Å². The molecule has 0 saturated heterocycles. The van der Waals surface area contributed by atoms with Gasteiger partial charge in [0.25, 0.3) is 0 Å². The van der Waals surface area contributed by atoms with Crippen LogP contribution in [0.15, 0.2) is 29.6 Å². The molecule has 0 aliphatic heterocycles. The van der Waals surface area contributed by atoms with Gasteiger partial charge in [-0.1, -0.05) is 26.0 Å². The standard InChI is InChI=1S/C16H20N2O3S/c1-10(2)13(19)8-15(20)18-16-17-12(9-22-16)11-6-4-5-7-14(11)21-3/h4-7,9-10,13,19H,8H2,1-3H3,(H,17,18,20). The Morgan fingerprint density at radius 2 is 2.14 bits per heavy atom. The number of anilines is 1. The van der Waals surface area contributed by atoms with Crippen LogP contribution < -0.4 is 10.1 Å². The highest BCUT2D eigenvalue weighted by Gasteiger charge is 2.16. The highest BCUT2D eigenvalue weighted by Crippen LogP contribution is 2.31. The number of amides is 1. The van der Waals surface area contributed by atoms with E-state index in [2.05, 4.69) is 10.3 Å². The van der Waals surface area contributed by atoms with Gasteiger partial charge in [-0.3, -0.25) is 4.79 Å². The lowest BCUT2D eigenvalue weighted by atomic mass is 10.0. The molecule has 0 radical (unpaired) electrons. The number of hydrogen-bond donors (Lipinski definition) is 2. The van der Waals surface area contributed by atoms with Gasteiger partial charge < -0.3 is 15.2 Å². The molecule has 2 N–H and O–H groups in total. The smallest absolute Gasteiger partial charge is 0.228 e. The molecule has 1 amide bonds. The van der Waals surface area contributed by atoms with E-state index in [1.165, 1.54) is 11.3 Å². The Bertz CT molecular complexity index is 640. The number of hydrogen-bond acceptors (Lipinski definition) is 5. The molecule has 0 aliphatic rings. The Kier molecular flexibility index (Phi) is 5.51. The Balaban J connectivity index is 2.07. The molecule has 5 nitrogen and oxygen atoms in total. The van der Waals surface area contributed by atoms with Crippen LogP contribution in [0.2, 0.25) is 0 Å². The zero-order valence-corrected chi connectivity index (χ0v) is 13.7. The van der Waals surface area contributed by atoms with Crippen molar-refractivity contribution < 1.29 is 14.6 Å². The van der Waals surface area contributed by atoms with Crippen LogP contribution in [0.5, 0.6) is 5.75 Å². The van der Waals surface area contributed by atoms with Crippen molar-refractivity contribution in [2.45, 2.75) is 26.4 Å². The fraction of sp³-hybridized carbons (Fsp3) is 0.375. The molecule has 0 bridgehead atoms. The third-order valence-corrected chi connectivity index (χ3v) is 4.06. The number of aliphatic hydroxyl groups excluding tert-OH is 1. The molecule has 0 spiro atoms. The number of aliphatic hydroxyl groups is 1. The Morgan fingerprint density at radius 3 is 2.82 bits per heavy atom. The van der Waals surface area contributed by atoms with E-state index >= 15 is 0 Å². The third-order valence-electron chi connectivity index (χ3n) is 3.30. The summed E-state index contributed by atoms with van der Waals surface area (Å²) in [5.41, 5.74) is 1.63. The van der Waals surface area contributed by atoms with Gasteiger partial charge in [-0.15, -0.1) is 11.3 Å². The Labute approximate surface area is 134 Å². The van der Waals surface area contributed by atoms with E-state index in [4.69, 9.17) is 4.74 Å². The van der Waals surface area contributed by atoms with Gasteiger partial charge in [-0.2, -0.15) is 0 Å². The molecule has 22 heavy (non-hydrogen) atoms. The van der Waals surface area contributed by atoms with Gasteiger partial charge in [0.05, 0.1) is 25.3 Å². The van der Waals surface area contributed by atoms with Gasteiger partial charge in [0.15, 0.2) is 5.13 Å². The molecule has 0 saturated carbocycles. The van der Waals surface area contributed by atoms with E-state index in [9.17, 15) is 9.90 Å². The first kappa shape index (κ1) is 16.5. The SMILES string of the molecule is COc1ccccc1-c1csc(NC(=O)CC(O)C(C)C)n1. The lowest BCUT2D eigenvalue weighted by Gasteiger charge is -2.12. The quantitative estimate of drug-likeness (QED) is 0.857. The van der Waals surface area contributed by atoms with Crippen LogP contribution in [0.3, 0.4) is 0 Å². The van der Waals surface area contributed by atoms with Crippen LogP contribution in [0.4, 0.5) is 5.13 Å². The van der Waals surface area contributed by atoms with Crippen molar-refractivity contribution in [1.29, 1.82) is 0 Å². The number of nitrogens with zero attached hydrogens (tertiary/aromatic N) is 1. The number of thiazole rings is 1. The van der Waals surface area contributed by atoms with Crippen LogP contribution in [0, 0.1) is 5.92 Å². The molecule has 118 valence electrons. The van der Waals surface area contributed by atoms with E-state index in [0.29, 0.717) is 5.13 Å². The summed E-state index contributed by atoms with van der Waals surface area (Å²) < 4.78 is 5.31. The second-order valence-corrected chi connectivity index (χ2v) is 6.16. The van der Waals surface area contributed by atoms with Crippen molar-refractivity contribution in [2.75, 3.05) is 12.4 Å². The zero-order chi connectivity index (χ0) is 16.1. The van der Waals surface area contributed by atoms with E-state index in [-0.39, 0.29) is 18.2 Å². The van der Waals surface area contributed by atoms with E-state index in [0.717, 1.165) is 17.0 Å². The van der Waals surface area contributed by atoms with Crippen LogP contribution in [-0.2, 0) is 4.79 Å². The number of carbonyl (C=O) groups is 1. The minimum Gasteiger partial charge on any atom is -0.496 e. The van der Waals surface area contributed by atoms with Gasteiger partial charge in [-0.05, 0) is 18.1 Å². The molecule has 0 aliphatic carbocycles. The zero-order valence-electron chi connectivity index (χ0n) is 12.9. The second kappa shape index (κ2) is 7.38. The Hall–Kier alpha value is -1.92. The maximum atomic E-state index is 11.9. The van der Waals surface area contributed by atoms with Crippen molar-refractivity contribution >= 4 is 22.4 Å². The monoisotopic (exact) mass is 320 g/mol. The minimum atomic E-state index is -0.645. The summed E-state index contributed by atoms with van der Waals surface area (Å²) in [5, 5.41) is 14.8.